The molecular formula is C13H27NO2. The number of methoxy groups -OCH3 is 1. The van der Waals surface area contributed by atoms with Crippen LogP contribution in [-0.2, 0) is 4.74 Å². The van der Waals surface area contributed by atoms with E-state index in [1.165, 1.54) is 6.42 Å². The molecule has 1 aliphatic rings. The Morgan fingerprint density at radius 2 is 2.12 bits per heavy atom. The van der Waals surface area contributed by atoms with E-state index in [1.807, 2.05) is 0 Å². The highest BCUT2D eigenvalue weighted by atomic mass is 16.5. The standard InChI is InChI=1S/C13H27NO2/c1-10(8-13(2,3)16-4)14-9-11-6-5-7-12(11)15/h10-12,14-15H,5-9H2,1-4H3. The van der Waals surface area contributed by atoms with Crippen molar-refractivity contribution in [2.75, 3.05) is 13.7 Å². The summed E-state index contributed by atoms with van der Waals surface area (Å²) in [5.74, 6) is 0.452. The molecule has 1 rings (SSSR count). The molecule has 0 aromatic rings. The van der Waals surface area contributed by atoms with Crippen LogP contribution in [0, 0.1) is 5.92 Å². The Kier molecular flexibility index (Phi) is 5.22. The van der Waals surface area contributed by atoms with E-state index in [9.17, 15) is 5.11 Å². The molecule has 0 radical (unpaired) electrons. The zero-order chi connectivity index (χ0) is 12.2. The third-order valence-corrected chi connectivity index (χ3v) is 3.70. The van der Waals surface area contributed by atoms with Crippen LogP contribution in [0.5, 0.6) is 0 Å². The fourth-order valence-corrected chi connectivity index (χ4v) is 2.50. The van der Waals surface area contributed by atoms with Gasteiger partial charge in [0.15, 0.2) is 0 Å². The second-order valence-corrected chi connectivity index (χ2v) is 5.74. The molecule has 96 valence electrons. The van der Waals surface area contributed by atoms with E-state index in [2.05, 4.69) is 26.1 Å². The third kappa shape index (κ3) is 4.40. The molecule has 0 amide bonds. The highest BCUT2D eigenvalue weighted by molar-refractivity contribution is 4.81. The Labute approximate surface area is 99.6 Å². The number of ether oxygens (including phenoxy) is 1. The van der Waals surface area contributed by atoms with Crippen molar-refractivity contribution >= 4 is 0 Å². The van der Waals surface area contributed by atoms with Crippen molar-refractivity contribution < 1.29 is 9.84 Å². The molecule has 1 saturated carbocycles. The van der Waals surface area contributed by atoms with E-state index in [-0.39, 0.29) is 11.7 Å². The van der Waals surface area contributed by atoms with Gasteiger partial charge in [0.2, 0.25) is 0 Å². The average Bonchev–Trinajstić information content (AvgIpc) is 2.60. The Morgan fingerprint density at radius 3 is 2.62 bits per heavy atom. The normalized spacial score (nSPS) is 28.3. The lowest BCUT2D eigenvalue weighted by atomic mass is 9.99. The number of rotatable bonds is 6. The highest BCUT2D eigenvalue weighted by Crippen LogP contribution is 2.25. The molecule has 3 heteroatoms. The van der Waals surface area contributed by atoms with Crippen LogP contribution in [0.2, 0.25) is 0 Å². The largest absolute Gasteiger partial charge is 0.393 e. The van der Waals surface area contributed by atoms with Gasteiger partial charge >= 0.3 is 0 Å². The van der Waals surface area contributed by atoms with Crippen LogP contribution < -0.4 is 5.32 Å². The predicted molar refractivity (Wildman–Crippen MR) is 66.5 cm³/mol. The molecule has 16 heavy (non-hydrogen) atoms. The Hall–Kier alpha value is -0.120. The topological polar surface area (TPSA) is 41.5 Å². The lowest BCUT2D eigenvalue weighted by Crippen LogP contribution is -2.39. The lowest BCUT2D eigenvalue weighted by molar-refractivity contribution is 0.00785. The molecule has 0 aromatic carbocycles. The number of hydrogen-bond acceptors (Lipinski definition) is 3. The minimum absolute atomic E-state index is 0.0687. The van der Waals surface area contributed by atoms with Crippen LogP contribution >= 0.6 is 0 Å². The van der Waals surface area contributed by atoms with E-state index >= 15 is 0 Å². The zero-order valence-corrected chi connectivity index (χ0v) is 11.1. The van der Waals surface area contributed by atoms with Gasteiger partial charge in [0.05, 0.1) is 11.7 Å². The van der Waals surface area contributed by atoms with Gasteiger partial charge in [-0.15, -0.1) is 0 Å². The quantitative estimate of drug-likeness (QED) is 0.731. The van der Waals surface area contributed by atoms with Crippen LogP contribution in [0.1, 0.15) is 46.5 Å². The molecule has 3 atom stereocenters. The summed E-state index contributed by atoms with van der Waals surface area (Å²) in [6.07, 6.45) is 4.21. The van der Waals surface area contributed by atoms with Crippen LogP contribution in [0.25, 0.3) is 0 Å². The lowest BCUT2D eigenvalue weighted by Gasteiger charge is -2.28. The van der Waals surface area contributed by atoms with Gasteiger partial charge < -0.3 is 15.2 Å². The van der Waals surface area contributed by atoms with Gasteiger partial charge in [-0.05, 0) is 46.0 Å². The summed E-state index contributed by atoms with van der Waals surface area (Å²) in [5, 5.41) is 13.2. The number of aliphatic hydroxyl groups is 1. The first kappa shape index (κ1) is 13.9. The first-order valence-corrected chi connectivity index (χ1v) is 6.41. The molecule has 0 bridgehead atoms. The summed E-state index contributed by atoms with van der Waals surface area (Å²) in [5.41, 5.74) is -0.0687. The minimum atomic E-state index is -0.0878. The fraction of sp³-hybridized carbons (Fsp3) is 1.00. The van der Waals surface area contributed by atoms with Crippen molar-refractivity contribution in [2.45, 2.75) is 64.2 Å². The van der Waals surface area contributed by atoms with Crippen molar-refractivity contribution in [1.29, 1.82) is 0 Å². The second-order valence-electron chi connectivity index (χ2n) is 5.74. The number of hydrogen-bond donors (Lipinski definition) is 2. The molecule has 0 heterocycles. The van der Waals surface area contributed by atoms with Crippen LogP contribution in [0.3, 0.4) is 0 Å². The molecule has 0 spiro atoms. The second kappa shape index (κ2) is 5.99. The van der Waals surface area contributed by atoms with Crippen molar-refractivity contribution in [3.63, 3.8) is 0 Å². The fourth-order valence-electron chi connectivity index (χ4n) is 2.50. The van der Waals surface area contributed by atoms with Crippen molar-refractivity contribution in [3.05, 3.63) is 0 Å². The Bertz CT molecular complexity index is 206. The summed E-state index contributed by atoms with van der Waals surface area (Å²) in [6, 6.07) is 0.433. The van der Waals surface area contributed by atoms with E-state index < -0.39 is 0 Å². The van der Waals surface area contributed by atoms with E-state index in [0.717, 1.165) is 25.8 Å². The Morgan fingerprint density at radius 1 is 1.44 bits per heavy atom. The molecule has 0 aliphatic heterocycles. The minimum Gasteiger partial charge on any atom is -0.393 e. The zero-order valence-electron chi connectivity index (χ0n) is 11.1. The van der Waals surface area contributed by atoms with E-state index in [0.29, 0.717) is 12.0 Å². The van der Waals surface area contributed by atoms with Crippen LogP contribution in [0.4, 0.5) is 0 Å². The maximum atomic E-state index is 9.72. The SMILES string of the molecule is COC(C)(C)CC(C)NCC1CCCC1O. The molecule has 3 nitrogen and oxygen atoms in total. The molecule has 1 fully saturated rings. The van der Waals surface area contributed by atoms with Crippen molar-refractivity contribution in [2.24, 2.45) is 5.92 Å². The Balaban J connectivity index is 2.22. The summed E-state index contributed by atoms with van der Waals surface area (Å²) >= 11 is 0. The van der Waals surface area contributed by atoms with Gasteiger partial charge in [-0.1, -0.05) is 6.42 Å². The van der Waals surface area contributed by atoms with E-state index in [4.69, 9.17) is 4.74 Å². The first-order valence-electron chi connectivity index (χ1n) is 6.41. The van der Waals surface area contributed by atoms with Crippen molar-refractivity contribution in [3.8, 4) is 0 Å². The molecule has 0 saturated heterocycles. The molecular weight excluding hydrogens is 202 g/mol. The smallest absolute Gasteiger partial charge is 0.0637 e. The van der Waals surface area contributed by atoms with Gasteiger partial charge in [0.25, 0.3) is 0 Å². The van der Waals surface area contributed by atoms with Gasteiger partial charge in [0, 0.05) is 19.7 Å². The van der Waals surface area contributed by atoms with E-state index in [1.54, 1.807) is 7.11 Å². The summed E-state index contributed by atoms with van der Waals surface area (Å²) in [6.45, 7) is 7.33. The number of nitrogens with one attached hydrogen (secondary N) is 1. The van der Waals surface area contributed by atoms with Gasteiger partial charge in [-0.3, -0.25) is 0 Å². The van der Waals surface area contributed by atoms with Crippen LogP contribution in [0.15, 0.2) is 0 Å². The highest BCUT2D eigenvalue weighted by Gasteiger charge is 2.26. The molecule has 1 aliphatic carbocycles. The van der Waals surface area contributed by atoms with Gasteiger partial charge in [-0.2, -0.15) is 0 Å². The molecule has 2 N–H and O–H groups in total. The van der Waals surface area contributed by atoms with Gasteiger partial charge in [0.1, 0.15) is 0 Å². The summed E-state index contributed by atoms with van der Waals surface area (Å²) < 4.78 is 5.41. The first-order chi connectivity index (χ1) is 7.44. The predicted octanol–water partition coefficient (Wildman–Crippen LogP) is 1.94. The van der Waals surface area contributed by atoms with Gasteiger partial charge in [-0.25, -0.2) is 0 Å². The van der Waals surface area contributed by atoms with Crippen LogP contribution in [-0.4, -0.2) is 36.5 Å². The van der Waals surface area contributed by atoms with Crippen molar-refractivity contribution in [1.82, 2.24) is 5.32 Å². The summed E-state index contributed by atoms with van der Waals surface area (Å²) in [4.78, 5) is 0. The molecule has 0 aromatic heterocycles. The summed E-state index contributed by atoms with van der Waals surface area (Å²) in [7, 11) is 1.76. The maximum Gasteiger partial charge on any atom is 0.0637 e. The monoisotopic (exact) mass is 229 g/mol. The average molecular weight is 229 g/mol. The third-order valence-electron chi connectivity index (χ3n) is 3.70. The number of aliphatic hydroxyl groups excluding tert-OH is 1. The maximum absolute atomic E-state index is 9.72. The molecule has 3 unspecified atom stereocenters.